The molecule has 0 bridgehead atoms. The zero-order valence-corrected chi connectivity index (χ0v) is 20.5. The fraction of sp³-hybridized carbons (Fsp3) is 0.370. The van der Waals surface area contributed by atoms with E-state index in [1.807, 2.05) is 24.3 Å². The molecule has 2 aromatic carbocycles. The molecular weight excluding hydrogens is 448 g/mol. The van der Waals surface area contributed by atoms with Gasteiger partial charge in [-0.25, -0.2) is 9.79 Å². The van der Waals surface area contributed by atoms with E-state index in [0.29, 0.717) is 43.4 Å². The highest BCUT2D eigenvalue weighted by Gasteiger charge is 2.25. The van der Waals surface area contributed by atoms with E-state index in [1.54, 1.807) is 29.2 Å². The molecule has 4 rings (SSSR count). The molecule has 0 saturated carbocycles. The highest BCUT2D eigenvalue weighted by atomic mass is 16.6. The van der Waals surface area contributed by atoms with Crippen LogP contribution >= 0.6 is 0 Å². The summed E-state index contributed by atoms with van der Waals surface area (Å²) in [6, 6.07) is 13.0. The van der Waals surface area contributed by atoms with E-state index in [4.69, 9.17) is 18.9 Å². The normalized spacial score (nSPS) is 17.3. The second-order valence-corrected chi connectivity index (χ2v) is 9.36. The van der Waals surface area contributed by atoms with Gasteiger partial charge in [0.1, 0.15) is 0 Å². The van der Waals surface area contributed by atoms with E-state index in [2.05, 4.69) is 25.8 Å². The van der Waals surface area contributed by atoms with E-state index in [9.17, 15) is 9.59 Å². The number of hydrogen-bond acceptors (Lipinski definition) is 7. The van der Waals surface area contributed by atoms with Crippen molar-refractivity contribution in [3.05, 3.63) is 64.9 Å². The van der Waals surface area contributed by atoms with Crippen molar-refractivity contribution in [2.75, 3.05) is 40.0 Å². The molecule has 8 heteroatoms. The molecule has 1 fully saturated rings. The van der Waals surface area contributed by atoms with Crippen molar-refractivity contribution in [2.24, 2.45) is 4.99 Å². The number of morpholine rings is 1. The SMILES string of the molecule is COc1cc(C=C2N=C(c3ccc(C(C)(C)C)cc3)OC2=O)ccc1OCC(=O)N1CCOCC1. The van der Waals surface area contributed by atoms with Gasteiger partial charge in [0.15, 0.2) is 23.8 Å². The first-order valence-corrected chi connectivity index (χ1v) is 11.5. The minimum Gasteiger partial charge on any atom is -0.493 e. The van der Waals surface area contributed by atoms with Gasteiger partial charge in [-0.15, -0.1) is 0 Å². The number of carbonyl (C=O) groups excluding carboxylic acids is 2. The largest absolute Gasteiger partial charge is 0.493 e. The van der Waals surface area contributed by atoms with Gasteiger partial charge in [-0.05, 0) is 46.9 Å². The lowest BCUT2D eigenvalue weighted by atomic mass is 9.87. The first kappa shape index (κ1) is 24.5. The van der Waals surface area contributed by atoms with Crippen LogP contribution in [-0.2, 0) is 24.5 Å². The number of methoxy groups -OCH3 is 1. The highest BCUT2D eigenvalue weighted by molar-refractivity contribution is 6.12. The molecule has 0 radical (unpaired) electrons. The van der Waals surface area contributed by atoms with Gasteiger partial charge >= 0.3 is 5.97 Å². The van der Waals surface area contributed by atoms with Gasteiger partial charge in [0.25, 0.3) is 5.91 Å². The van der Waals surface area contributed by atoms with E-state index in [0.717, 1.165) is 5.56 Å². The zero-order valence-electron chi connectivity index (χ0n) is 20.5. The van der Waals surface area contributed by atoms with E-state index in [1.165, 1.54) is 12.7 Å². The van der Waals surface area contributed by atoms with Crippen LogP contribution in [0.3, 0.4) is 0 Å². The fourth-order valence-electron chi connectivity index (χ4n) is 3.74. The second kappa shape index (κ2) is 10.3. The highest BCUT2D eigenvalue weighted by Crippen LogP contribution is 2.30. The monoisotopic (exact) mass is 478 g/mol. The Kier molecular flexibility index (Phi) is 7.21. The van der Waals surface area contributed by atoms with Crippen LogP contribution < -0.4 is 9.47 Å². The summed E-state index contributed by atoms with van der Waals surface area (Å²) in [4.78, 5) is 30.9. The maximum absolute atomic E-state index is 12.4. The molecule has 8 nitrogen and oxygen atoms in total. The molecule has 184 valence electrons. The van der Waals surface area contributed by atoms with Crippen molar-refractivity contribution in [1.82, 2.24) is 4.90 Å². The van der Waals surface area contributed by atoms with E-state index >= 15 is 0 Å². The molecule has 35 heavy (non-hydrogen) atoms. The zero-order chi connectivity index (χ0) is 25.0. The van der Waals surface area contributed by atoms with Crippen molar-refractivity contribution < 1.29 is 28.5 Å². The van der Waals surface area contributed by atoms with Crippen molar-refractivity contribution in [3.8, 4) is 11.5 Å². The van der Waals surface area contributed by atoms with Gasteiger partial charge in [0.05, 0.1) is 20.3 Å². The summed E-state index contributed by atoms with van der Waals surface area (Å²) >= 11 is 0. The Labute approximate surface area is 205 Å². The minimum absolute atomic E-state index is 0.0302. The number of hydrogen-bond donors (Lipinski definition) is 0. The van der Waals surface area contributed by atoms with Crippen LogP contribution in [-0.4, -0.2) is 62.7 Å². The third kappa shape index (κ3) is 5.89. The molecule has 0 unspecified atom stereocenters. The van der Waals surface area contributed by atoms with Crippen LogP contribution in [0.15, 0.2) is 53.2 Å². The average molecular weight is 479 g/mol. The van der Waals surface area contributed by atoms with Crippen LogP contribution in [0.1, 0.15) is 37.5 Å². The van der Waals surface area contributed by atoms with Gasteiger partial charge < -0.3 is 23.8 Å². The number of benzene rings is 2. The molecule has 2 aliphatic rings. The molecule has 2 heterocycles. The molecule has 0 aliphatic carbocycles. The molecule has 0 spiro atoms. The van der Waals surface area contributed by atoms with Crippen LogP contribution in [0.25, 0.3) is 6.08 Å². The first-order chi connectivity index (χ1) is 16.7. The van der Waals surface area contributed by atoms with Crippen LogP contribution in [0.2, 0.25) is 0 Å². The molecule has 1 saturated heterocycles. The summed E-state index contributed by atoms with van der Waals surface area (Å²) in [6.07, 6.45) is 1.63. The third-order valence-electron chi connectivity index (χ3n) is 5.82. The maximum atomic E-state index is 12.4. The maximum Gasteiger partial charge on any atom is 0.363 e. The number of nitrogens with zero attached hydrogens (tertiary/aromatic N) is 2. The van der Waals surface area contributed by atoms with Gasteiger partial charge in [0, 0.05) is 18.7 Å². The molecule has 0 N–H and O–H groups in total. The predicted molar refractivity (Wildman–Crippen MR) is 132 cm³/mol. The number of carbonyl (C=O) groups is 2. The van der Waals surface area contributed by atoms with Crippen molar-refractivity contribution in [2.45, 2.75) is 26.2 Å². The fourth-order valence-corrected chi connectivity index (χ4v) is 3.74. The van der Waals surface area contributed by atoms with Gasteiger partial charge in [-0.2, -0.15) is 0 Å². The van der Waals surface area contributed by atoms with Crippen molar-refractivity contribution in [3.63, 3.8) is 0 Å². The Hall–Kier alpha value is -3.65. The number of cyclic esters (lactones) is 1. The van der Waals surface area contributed by atoms with E-state index in [-0.39, 0.29) is 29.5 Å². The smallest absolute Gasteiger partial charge is 0.363 e. The Morgan fingerprint density at radius 3 is 2.46 bits per heavy atom. The number of ether oxygens (including phenoxy) is 4. The third-order valence-corrected chi connectivity index (χ3v) is 5.82. The minimum atomic E-state index is -0.518. The summed E-state index contributed by atoms with van der Waals surface area (Å²) in [6.45, 7) is 8.52. The Balaban J connectivity index is 1.47. The molecule has 2 aliphatic heterocycles. The van der Waals surface area contributed by atoms with Gasteiger partial charge in [0.2, 0.25) is 5.90 Å². The average Bonchev–Trinajstić information content (AvgIpc) is 3.23. The second-order valence-electron chi connectivity index (χ2n) is 9.36. The standard InChI is InChI=1S/C27H30N2O6/c1-27(2,3)20-8-6-19(7-9-20)25-28-21(26(31)35-25)15-18-5-10-22(23(16-18)32-4)34-17-24(30)29-11-13-33-14-12-29/h5-10,15-16H,11-14,17H2,1-4H3. The van der Waals surface area contributed by atoms with Gasteiger partial charge in [-0.3, -0.25) is 4.79 Å². The topological polar surface area (TPSA) is 86.7 Å². The van der Waals surface area contributed by atoms with E-state index < -0.39 is 5.97 Å². The lowest BCUT2D eigenvalue weighted by molar-refractivity contribution is -0.137. The molecular formula is C27H30N2O6. The lowest BCUT2D eigenvalue weighted by Crippen LogP contribution is -2.43. The summed E-state index contributed by atoms with van der Waals surface area (Å²) in [5, 5.41) is 0. The Morgan fingerprint density at radius 1 is 1.09 bits per heavy atom. The predicted octanol–water partition coefficient (Wildman–Crippen LogP) is 3.57. The summed E-state index contributed by atoms with van der Waals surface area (Å²) in [5.41, 5.74) is 2.83. The summed E-state index contributed by atoms with van der Waals surface area (Å²) < 4.78 is 21.8. The molecule has 1 amide bonds. The number of amides is 1. The van der Waals surface area contributed by atoms with Crippen molar-refractivity contribution >= 4 is 23.9 Å². The summed E-state index contributed by atoms with van der Waals surface area (Å²) in [5.74, 6) is 0.536. The summed E-state index contributed by atoms with van der Waals surface area (Å²) in [7, 11) is 1.52. The molecule has 0 aromatic heterocycles. The number of esters is 1. The number of rotatable bonds is 6. The quantitative estimate of drug-likeness (QED) is 0.466. The van der Waals surface area contributed by atoms with Gasteiger partial charge in [-0.1, -0.05) is 39.0 Å². The first-order valence-electron chi connectivity index (χ1n) is 11.5. The van der Waals surface area contributed by atoms with Crippen LogP contribution in [0, 0.1) is 0 Å². The Morgan fingerprint density at radius 2 is 1.80 bits per heavy atom. The van der Waals surface area contributed by atoms with Crippen LogP contribution in [0.4, 0.5) is 0 Å². The Bertz CT molecular complexity index is 1160. The lowest BCUT2D eigenvalue weighted by Gasteiger charge is -2.26. The molecule has 0 atom stereocenters. The number of aliphatic imine (C=N–C) groups is 1. The molecule has 2 aromatic rings. The van der Waals surface area contributed by atoms with Crippen LogP contribution in [0.5, 0.6) is 11.5 Å². The van der Waals surface area contributed by atoms with Crippen molar-refractivity contribution in [1.29, 1.82) is 0 Å².